The summed E-state index contributed by atoms with van der Waals surface area (Å²) in [5.74, 6) is 0.713. The number of hydrogen-bond acceptors (Lipinski definition) is 4. The van der Waals surface area contributed by atoms with Gasteiger partial charge in [0.05, 0.1) is 16.7 Å². The van der Waals surface area contributed by atoms with Crippen LogP contribution in [-0.2, 0) is 0 Å². The molecule has 8 rings (SSSR count). The summed E-state index contributed by atoms with van der Waals surface area (Å²) in [5, 5.41) is 8.22. The predicted molar refractivity (Wildman–Crippen MR) is 150 cm³/mol. The van der Waals surface area contributed by atoms with Crippen molar-refractivity contribution in [2.75, 3.05) is 0 Å². The maximum absolute atomic E-state index is 5.27. The Labute approximate surface area is 208 Å². The topological polar surface area (TPSA) is 30.7 Å². The Morgan fingerprint density at radius 2 is 1.26 bits per heavy atom. The summed E-state index contributed by atoms with van der Waals surface area (Å²) in [7, 11) is 0. The lowest BCUT2D eigenvalue weighted by Gasteiger charge is -2.10. The summed E-state index contributed by atoms with van der Waals surface area (Å²) in [4.78, 5) is 11.3. The fraction of sp³-hybridized carbons (Fsp3) is 0. The van der Waals surface area contributed by atoms with Gasteiger partial charge in [0.15, 0.2) is 0 Å². The van der Waals surface area contributed by atoms with E-state index in [1.807, 2.05) is 11.3 Å². The normalized spacial score (nSPS) is 12.0. The lowest BCUT2D eigenvalue weighted by molar-refractivity contribution is 1.02. The van der Waals surface area contributed by atoms with Gasteiger partial charge in [-0.15, -0.1) is 22.7 Å². The summed E-state index contributed by atoms with van der Waals surface area (Å²) < 4.78 is 4.78. The van der Waals surface area contributed by atoms with Gasteiger partial charge in [0.25, 0.3) is 0 Å². The van der Waals surface area contributed by atoms with E-state index in [1.165, 1.54) is 30.9 Å². The molecule has 0 saturated heterocycles. The van der Waals surface area contributed by atoms with Crippen molar-refractivity contribution >= 4 is 74.9 Å². The maximum Gasteiger partial charge on any atom is 0.236 e. The second kappa shape index (κ2) is 7.22. The molecule has 35 heavy (non-hydrogen) atoms. The molecule has 0 aliphatic rings. The zero-order valence-corrected chi connectivity index (χ0v) is 20.1. The third-order valence-corrected chi connectivity index (χ3v) is 8.78. The summed E-state index contributed by atoms with van der Waals surface area (Å²) >= 11 is 3.51. The lowest BCUT2D eigenvalue weighted by Crippen LogP contribution is -2.02. The fourth-order valence-electron chi connectivity index (χ4n) is 5.22. The summed E-state index contributed by atoms with van der Waals surface area (Å²) in [5.41, 5.74) is 4.40. The number of fused-ring (bicyclic) bond motifs is 7. The molecular weight excluding hydrogens is 466 g/mol. The van der Waals surface area contributed by atoms with Gasteiger partial charge in [0, 0.05) is 41.9 Å². The first-order valence-corrected chi connectivity index (χ1v) is 13.2. The largest absolute Gasteiger partial charge is 0.278 e. The predicted octanol–water partition coefficient (Wildman–Crippen LogP) is 8.82. The van der Waals surface area contributed by atoms with E-state index in [0.717, 1.165) is 32.5 Å². The van der Waals surface area contributed by atoms with Gasteiger partial charge in [-0.25, -0.2) is 9.97 Å². The van der Waals surface area contributed by atoms with Gasteiger partial charge in [0.1, 0.15) is 4.83 Å². The highest BCUT2D eigenvalue weighted by Crippen LogP contribution is 2.42. The van der Waals surface area contributed by atoms with Crippen LogP contribution in [0.2, 0.25) is 0 Å². The van der Waals surface area contributed by atoms with Gasteiger partial charge < -0.3 is 0 Å². The summed E-state index contributed by atoms with van der Waals surface area (Å²) in [6.07, 6.45) is 0. The quantitative estimate of drug-likeness (QED) is 0.246. The molecule has 5 heteroatoms. The van der Waals surface area contributed by atoms with Crippen molar-refractivity contribution in [2.24, 2.45) is 0 Å². The number of rotatable bonds is 2. The number of benzene rings is 4. The number of hydrogen-bond donors (Lipinski definition) is 0. The molecule has 8 aromatic rings. The molecular formula is C30H17N3S2. The molecule has 4 heterocycles. The smallest absolute Gasteiger partial charge is 0.236 e. The van der Waals surface area contributed by atoms with Crippen molar-refractivity contribution in [1.29, 1.82) is 0 Å². The third kappa shape index (κ3) is 2.71. The van der Waals surface area contributed by atoms with Crippen molar-refractivity contribution in [3.8, 4) is 17.2 Å². The van der Waals surface area contributed by atoms with Gasteiger partial charge in [-0.05, 0) is 29.6 Å². The van der Waals surface area contributed by atoms with E-state index >= 15 is 0 Å². The van der Waals surface area contributed by atoms with Crippen LogP contribution in [0.3, 0.4) is 0 Å². The first-order chi connectivity index (χ1) is 17.4. The second-order valence-electron chi connectivity index (χ2n) is 8.66. The van der Waals surface area contributed by atoms with E-state index in [1.54, 1.807) is 11.3 Å². The highest BCUT2D eigenvalue weighted by atomic mass is 32.1. The highest BCUT2D eigenvalue weighted by molar-refractivity contribution is 7.26. The molecule has 0 radical (unpaired) electrons. The van der Waals surface area contributed by atoms with Gasteiger partial charge >= 0.3 is 0 Å². The Morgan fingerprint density at radius 3 is 2.06 bits per heavy atom. The van der Waals surface area contributed by atoms with E-state index < -0.39 is 0 Å². The molecule has 3 nitrogen and oxygen atoms in total. The molecule has 0 N–H and O–H groups in total. The number of aromatic nitrogens is 3. The second-order valence-corrected chi connectivity index (χ2v) is 10.6. The van der Waals surface area contributed by atoms with Crippen LogP contribution < -0.4 is 0 Å². The van der Waals surface area contributed by atoms with Gasteiger partial charge in [-0.3, -0.25) is 4.57 Å². The Bertz CT molecular complexity index is 2020. The third-order valence-electron chi connectivity index (χ3n) is 6.75. The van der Waals surface area contributed by atoms with Crippen molar-refractivity contribution in [2.45, 2.75) is 0 Å². The molecule has 0 fully saturated rings. The molecule has 0 spiro atoms. The van der Waals surface area contributed by atoms with Crippen LogP contribution >= 0.6 is 22.7 Å². The number of para-hydroxylation sites is 2. The van der Waals surface area contributed by atoms with Gasteiger partial charge in [-0.1, -0.05) is 72.8 Å². The van der Waals surface area contributed by atoms with E-state index in [4.69, 9.17) is 9.97 Å². The lowest BCUT2D eigenvalue weighted by atomic mass is 10.1. The molecule has 0 amide bonds. The average Bonchev–Trinajstić information content (AvgIpc) is 3.61. The molecule has 0 aliphatic carbocycles. The van der Waals surface area contributed by atoms with E-state index in [9.17, 15) is 0 Å². The van der Waals surface area contributed by atoms with Crippen LogP contribution in [0, 0.1) is 0 Å². The standard InChI is InChI=1S/C30H17N3S2/c1-4-13-24-18(8-1)19-9-2-5-14-25(19)33(24)30-31-27(23-16-17-34-29(23)32-30)22-12-7-11-21-20-10-3-6-15-26(20)35-28(21)22/h1-17H. The zero-order valence-electron chi connectivity index (χ0n) is 18.5. The molecule has 0 unspecified atom stereocenters. The fourth-order valence-corrected chi connectivity index (χ4v) is 7.20. The SMILES string of the molecule is c1ccc2c(c1)sc1c(-c3nc(-n4c5ccccc5c5ccccc54)nc4sccc34)cccc12. The highest BCUT2D eigenvalue weighted by Gasteiger charge is 2.19. The average molecular weight is 484 g/mol. The van der Waals surface area contributed by atoms with E-state index in [0.29, 0.717) is 5.95 Å². The Kier molecular flexibility index (Phi) is 3.97. The summed E-state index contributed by atoms with van der Waals surface area (Å²) in [6, 6.07) is 34.4. The molecule has 4 aromatic carbocycles. The Morgan fingerprint density at radius 1 is 0.571 bits per heavy atom. The van der Waals surface area contributed by atoms with Gasteiger partial charge in [-0.2, -0.15) is 0 Å². The van der Waals surface area contributed by atoms with Crippen LogP contribution in [-0.4, -0.2) is 14.5 Å². The molecule has 164 valence electrons. The molecule has 0 aliphatic heterocycles. The zero-order chi connectivity index (χ0) is 22.9. The Hall–Kier alpha value is -4.06. The van der Waals surface area contributed by atoms with Crippen molar-refractivity contribution in [1.82, 2.24) is 14.5 Å². The van der Waals surface area contributed by atoms with Crippen molar-refractivity contribution in [3.63, 3.8) is 0 Å². The first kappa shape index (κ1) is 19.3. The van der Waals surface area contributed by atoms with Crippen molar-refractivity contribution < 1.29 is 0 Å². The molecule has 0 bridgehead atoms. The van der Waals surface area contributed by atoms with E-state index in [-0.39, 0.29) is 0 Å². The minimum absolute atomic E-state index is 0.713. The van der Waals surface area contributed by atoms with Crippen LogP contribution in [0.25, 0.3) is 69.4 Å². The summed E-state index contributed by atoms with van der Waals surface area (Å²) in [6.45, 7) is 0. The molecule has 0 atom stereocenters. The van der Waals surface area contributed by atoms with Crippen molar-refractivity contribution in [3.05, 3.63) is 102 Å². The minimum atomic E-state index is 0.713. The minimum Gasteiger partial charge on any atom is -0.278 e. The molecule has 0 saturated carbocycles. The van der Waals surface area contributed by atoms with Crippen LogP contribution in [0.15, 0.2) is 102 Å². The molecule has 4 aromatic heterocycles. The first-order valence-electron chi connectivity index (χ1n) is 11.5. The number of thiophene rings is 2. The van der Waals surface area contributed by atoms with Crippen LogP contribution in [0.5, 0.6) is 0 Å². The Balaban J connectivity index is 1.49. The van der Waals surface area contributed by atoms with Gasteiger partial charge in [0.2, 0.25) is 5.95 Å². The van der Waals surface area contributed by atoms with Crippen LogP contribution in [0.1, 0.15) is 0 Å². The van der Waals surface area contributed by atoms with Crippen LogP contribution in [0.4, 0.5) is 0 Å². The number of nitrogens with zero attached hydrogens (tertiary/aromatic N) is 3. The maximum atomic E-state index is 5.27. The van der Waals surface area contributed by atoms with E-state index in [2.05, 4.69) is 107 Å². The monoisotopic (exact) mass is 483 g/mol.